The second kappa shape index (κ2) is 6.42. The number of halogens is 3. The van der Waals surface area contributed by atoms with Crippen LogP contribution >= 0.6 is 0 Å². The molecule has 2 aromatic carbocycles. The lowest BCUT2D eigenvalue weighted by molar-refractivity contribution is -0.137. The highest BCUT2D eigenvalue weighted by Gasteiger charge is 2.30. The van der Waals surface area contributed by atoms with Gasteiger partial charge in [0.2, 0.25) is 0 Å². The molecule has 0 radical (unpaired) electrons. The van der Waals surface area contributed by atoms with E-state index in [9.17, 15) is 13.2 Å². The molecule has 0 aliphatic rings. The first-order valence-electron chi connectivity index (χ1n) is 6.23. The van der Waals surface area contributed by atoms with E-state index in [2.05, 4.69) is 0 Å². The lowest BCUT2D eigenvalue weighted by Crippen LogP contribution is -2.09. The molecule has 0 saturated carbocycles. The Kier molecular flexibility index (Phi) is 4.61. The zero-order chi connectivity index (χ0) is 15.3. The van der Waals surface area contributed by atoms with Gasteiger partial charge in [0.15, 0.2) is 0 Å². The van der Waals surface area contributed by atoms with E-state index in [-0.39, 0.29) is 6.61 Å². The molecule has 0 N–H and O–H groups in total. The molecule has 0 aliphatic carbocycles. The zero-order valence-corrected chi connectivity index (χ0v) is 11.0. The Balaban J connectivity index is 2.31. The van der Waals surface area contributed by atoms with Crippen molar-refractivity contribution >= 4 is 0 Å². The third kappa shape index (κ3) is 3.83. The molecule has 0 amide bonds. The topological polar surface area (TPSA) is 33.0 Å². The van der Waals surface area contributed by atoms with Crippen LogP contribution in [0.15, 0.2) is 54.6 Å². The minimum atomic E-state index is -4.37. The quantitative estimate of drug-likeness (QED) is 0.839. The maximum Gasteiger partial charge on any atom is 0.416 e. The molecule has 1 atom stereocenters. The number of hydrogen-bond donors (Lipinski definition) is 0. The summed E-state index contributed by atoms with van der Waals surface area (Å²) in [6.07, 6.45) is -4.93. The summed E-state index contributed by atoms with van der Waals surface area (Å²) in [4.78, 5) is 0. The summed E-state index contributed by atoms with van der Waals surface area (Å²) in [6, 6.07) is 15.7. The Morgan fingerprint density at radius 3 is 2.05 bits per heavy atom. The summed E-state index contributed by atoms with van der Waals surface area (Å²) in [7, 11) is 0. The van der Waals surface area contributed by atoms with Gasteiger partial charge in [-0.3, -0.25) is 0 Å². The fourth-order valence-corrected chi connectivity index (χ4v) is 1.98. The van der Waals surface area contributed by atoms with Crippen LogP contribution in [0.4, 0.5) is 13.2 Å². The molecule has 2 aromatic rings. The molecule has 0 aromatic heterocycles. The van der Waals surface area contributed by atoms with Gasteiger partial charge in [-0.05, 0) is 23.3 Å². The van der Waals surface area contributed by atoms with Gasteiger partial charge in [-0.15, -0.1) is 0 Å². The molecular weight excluding hydrogens is 279 g/mol. The van der Waals surface area contributed by atoms with Crippen molar-refractivity contribution in [1.82, 2.24) is 0 Å². The molecule has 2 nitrogen and oxygen atoms in total. The lowest BCUT2D eigenvalue weighted by atomic mass is 10.00. The molecule has 0 spiro atoms. The Hall–Kier alpha value is -2.32. The van der Waals surface area contributed by atoms with Crippen molar-refractivity contribution in [2.24, 2.45) is 0 Å². The standard InChI is InChI=1S/C16H12F3NO/c17-16(18,19)14-8-6-13(7-9-14)15(21-11-10-20)12-4-2-1-3-5-12/h1-9,15H,11H2. The fraction of sp³-hybridized carbons (Fsp3) is 0.188. The number of benzene rings is 2. The van der Waals surface area contributed by atoms with Crippen molar-refractivity contribution in [3.63, 3.8) is 0 Å². The van der Waals surface area contributed by atoms with E-state index in [1.165, 1.54) is 12.1 Å². The van der Waals surface area contributed by atoms with Crippen molar-refractivity contribution in [3.8, 4) is 6.07 Å². The molecule has 0 saturated heterocycles. The highest BCUT2D eigenvalue weighted by Crippen LogP contribution is 2.32. The number of nitriles is 1. The number of alkyl halides is 3. The van der Waals surface area contributed by atoms with Gasteiger partial charge in [-0.25, -0.2) is 0 Å². The van der Waals surface area contributed by atoms with Gasteiger partial charge < -0.3 is 4.74 Å². The van der Waals surface area contributed by atoms with Crippen LogP contribution in [0, 0.1) is 11.3 Å². The van der Waals surface area contributed by atoms with E-state index in [0.29, 0.717) is 5.56 Å². The summed E-state index contributed by atoms with van der Waals surface area (Å²) in [5.41, 5.74) is 0.648. The number of rotatable bonds is 4. The van der Waals surface area contributed by atoms with Crippen molar-refractivity contribution in [2.45, 2.75) is 12.3 Å². The van der Waals surface area contributed by atoms with E-state index >= 15 is 0 Å². The van der Waals surface area contributed by atoms with Crippen molar-refractivity contribution in [2.75, 3.05) is 6.61 Å². The fourth-order valence-electron chi connectivity index (χ4n) is 1.98. The molecule has 21 heavy (non-hydrogen) atoms. The van der Waals surface area contributed by atoms with Crippen molar-refractivity contribution in [3.05, 3.63) is 71.3 Å². The first kappa shape index (κ1) is 15.1. The summed E-state index contributed by atoms with van der Waals surface area (Å²) >= 11 is 0. The molecule has 2 rings (SSSR count). The van der Waals surface area contributed by atoms with Gasteiger partial charge in [-0.2, -0.15) is 18.4 Å². The predicted octanol–water partition coefficient (Wildman–Crippen LogP) is 4.33. The van der Waals surface area contributed by atoms with Crippen LogP contribution in [0.3, 0.4) is 0 Å². The molecule has 0 heterocycles. The SMILES string of the molecule is N#CCOC(c1ccccc1)c1ccc(C(F)(F)F)cc1. The van der Waals surface area contributed by atoms with Crippen molar-refractivity contribution < 1.29 is 17.9 Å². The Bertz CT molecular complexity index is 615. The molecule has 0 aliphatic heterocycles. The molecule has 108 valence electrons. The summed E-state index contributed by atoms with van der Waals surface area (Å²) in [6.45, 7) is -0.138. The number of nitrogens with zero attached hydrogens (tertiary/aromatic N) is 1. The summed E-state index contributed by atoms with van der Waals surface area (Å²) < 4.78 is 43.2. The van der Waals surface area contributed by atoms with Gasteiger partial charge in [0.05, 0.1) is 11.6 Å². The minimum Gasteiger partial charge on any atom is -0.354 e. The average molecular weight is 291 g/mol. The van der Waals surface area contributed by atoms with Crippen LogP contribution in [0.2, 0.25) is 0 Å². The highest BCUT2D eigenvalue weighted by molar-refractivity contribution is 5.33. The maximum absolute atomic E-state index is 12.6. The second-order valence-electron chi connectivity index (χ2n) is 4.38. The predicted molar refractivity (Wildman–Crippen MR) is 71.3 cm³/mol. The molecule has 0 fully saturated rings. The largest absolute Gasteiger partial charge is 0.416 e. The van der Waals surface area contributed by atoms with E-state index in [0.717, 1.165) is 17.7 Å². The Morgan fingerprint density at radius 1 is 0.952 bits per heavy atom. The molecule has 1 unspecified atom stereocenters. The average Bonchev–Trinajstić information content (AvgIpc) is 2.48. The maximum atomic E-state index is 12.6. The van der Waals surface area contributed by atoms with Crippen LogP contribution in [0.5, 0.6) is 0 Å². The smallest absolute Gasteiger partial charge is 0.354 e. The first-order valence-corrected chi connectivity index (χ1v) is 6.23. The molecule has 0 bridgehead atoms. The Labute approximate surface area is 120 Å². The van der Waals surface area contributed by atoms with Crippen LogP contribution in [-0.4, -0.2) is 6.61 Å². The normalized spacial score (nSPS) is 12.7. The third-order valence-corrected chi connectivity index (χ3v) is 2.96. The van der Waals surface area contributed by atoms with Crippen LogP contribution in [0.1, 0.15) is 22.8 Å². The van der Waals surface area contributed by atoms with Gasteiger partial charge in [0.1, 0.15) is 12.7 Å². The highest BCUT2D eigenvalue weighted by atomic mass is 19.4. The first-order chi connectivity index (χ1) is 10.0. The van der Waals surface area contributed by atoms with Gasteiger partial charge in [0.25, 0.3) is 0 Å². The minimum absolute atomic E-state index is 0.138. The summed E-state index contributed by atoms with van der Waals surface area (Å²) in [5, 5.41) is 8.64. The molecule has 5 heteroatoms. The van der Waals surface area contributed by atoms with Crippen LogP contribution in [0.25, 0.3) is 0 Å². The lowest BCUT2D eigenvalue weighted by Gasteiger charge is -2.18. The second-order valence-corrected chi connectivity index (χ2v) is 4.38. The van der Waals surface area contributed by atoms with Crippen LogP contribution < -0.4 is 0 Å². The molecular formula is C16H12F3NO. The number of ether oxygens (including phenoxy) is 1. The third-order valence-electron chi connectivity index (χ3n) is 2.96. The van der Waals surface area contributed by atoms with Gasteiger partial charge in [0, 0.05) is 0 Å². The Morgan fingerprint density at radius 2 is 1.52 bits per heavy atom. The van der Waals surface area contributed by atoms with Crippen LogP contribution in [-0.2, 0) is 10.9 Å². The van der Waals surface area contributed by atoms with E-state index in [4.69, 9.17) is 10.00 Å². The van der Waals surface area contributed by atoms with E-state index in [1.54, 1.807) is 12.1 Å². The van der Waals surface area contributed by atoms with Gasteiger partial charge >= 0.3 is 6.18 Å². The number of hydrogen-bond acceptors (Lipinski definition) is 2. The van der Waals surface area contributed by atoms with Gasteiger partial charge in [-0.1, -0.05) is 42.5 Å². The zero-order valence-electron chi connectivity index (χ0n) is 11.0. The van der Waals surface area contributed by atoms with Crippen molar-refractivity contribution in [1.29, 1.82) is 5.26 Å². The summed E-state index contributed by atoms with van der Waals surface area (Å²) in [5.74, 6) is 0. The van der Waals surface area contributed by atoms with E-state index < -0.39 is 17.8 Å². The van der Waals surface area contributed by atoms with E-state index in [1.807, 2.05) is 24.3 Å². The monoisotopic (exact) mass is 291 g/mol.